The lowest BCUT2D eigenvalue weighted by molar-refractivity contribution is -0.385. The molecule has 0 bridgehead atoms. The molecule has 0 saturated heterocycles. The Balaban J connectivity index is 1.86. The highest BCUT2D eigenvalue weighted by molar-refractivity contribution is 5.73. The molecule has 0 unspecified atom stereocenters. The molecule has 0 fully saturated rings. The van der Waals surface area contributed by atoms with Gasteiger partial charge < -0.3 is 5.32 Å². The van der Waals surface area contributed by atoms with Crippen LogP contribution < -0.4 is 5.32 Å². The second kappa shape index (κ2) is 9.20. The summed E-state index contributed by atoms with van der Waals surface area (Å²) in [7, 11) is 1.69. The van der Waals surface area contributed by atoms with Crippen molar-refractivity contribution in [1.82, 2.24) is 9.97 Å². The van der Waals surface area contributed by atoms with E-state index < -0.39 is 9.85 Å². The van der Waals surface area contributed by atoms with E-state index >= 15 is 0 Å². The number of nitrogens with zero attached hydrogens (tertiary/aromatic N) is 4. The van der Waals surface area contributed by atoms with Crippen LogP contribution in [0.3, 0.4) is 0 Å². The van der Waals surface area contributed by atoms with E-state index in [2.05, 4.69) is 15.3 Å². The van der Waals surface area contributed by atoms with Crippen molar-refractivity contribution < 1.29 is 9.85 Å². The number of nitro groups is 2. The van der Waals surface area contributed by atoms with Crippen LogP contribution in [-0.2, 0) is 0 Å². The fraction of sp³-hybridized carbons (Fsp3) is 0.0476. The van der Waals surface area contributed by atoms with Crippen LogP contribution in [0.2, 0.25) is 0 Å². The van der Waals surface area contributed by atoms with E-state index in [9.17, 15) is 20.2 Å². The molecule has 0 amide bonds. The fourth-order valence-corrected chi connectivity index (χ4v) is 2.62. The van der Waals surface area contributed by atoms with E-state index in [1.807, 2.05) is 0 Å². The van der Waals surface area contributed by atoms with Gasteiger partial charge >= 0.3 is 0 Å². The topological polar surface area (TPSA) is 124 Å². The number of nitrogens with one attached hydrogen (secondary N) is 1. The van der Waals surface area contributed by atoms with E-state index in [1.165, 1.54) is 24.3 Å². The molecule has 0 aliphatic rings. The van der Waals surface area contributed by atoms with Gasteiger partial charge in [0.25, 0.3) is 11.4 Å². The third-order valence-corrected chi connectivity index (χ3v) is 4.04. The summed E-state index contributed by atoms with van der Waals surface area (Å²) in [6.45, 7) is 0. The molecule has 30 heavy (non-hydrogen) atoms. The molecule has 1 heterocycles. The molecule has 9 heteroatoms. The molecular formula is C21H17N5O4. The lowest BCUT2D eigenvalue weighted by Crippen LogP contribution is -1.99. The molecule has 0 atom stereocenters. The first kappa shape index (κ1) is 20.3. The summed E-state index contributed by atoms with van der Waals surface area (Å²) >= 11 is 0. The zero-order chi connectivity index (χ0) is 21.5. The summed E-state index contributed by atoms with van der Waals surface area (Å²) in [5, 5.41) is 24.7. The smallest absolute Gasteiger partial charge is 0.270 e. The van der Waals surface area contributed by atoms with Crippen LogP contribution in [-0.4, -0.2) is 26.9 Å². The number of anilines is 1. The number of rotatable bonds is 7. The normalized spacial score (nSPS) is 11.1. The quantitative estimate of drug-likeness (QED) is 0.449. The maximum absolute atomic E-state index is 10.9. The van der Waals surface area contributed by atoms with Crippen LogP contribution in [0.4, 0.5) is 17.3 Å². The molecule has 2 aromatic carbocycles. The lowest BCUT2D eigenvalue weighted by Gasteiger charge is -2.03. The minimum atomic E-state index is -0.446. The Morgan fingerprint density at radius 1 is 0.767 bits per heavy atom. The first-order chi connectivity index (χ1) is 14.4. The third-order valence-electron chi connectivity index (χ3n) is 4.04. The summed E-state index contributed by atoms with van der Waals surface area (Å²) in [5.74, 6) is 0.398. The Kier molecular flexibility index (Phi) is 6.23. The highest BCUT2D eigenvalue weighted by Crippen LogP contribution is 2.18. The number of nitro benzene ring substituents is 2. The molecule has 0 radical (unpaired) electrons. The predicted molar refractivity (Wildman–Crippen MR) is 116 cm³/mol. The average Bonchev–Trinajstić information content (AvgIpc) is 2.76. The van der Waals surface area contributed by atoms with Gasteiger partial charge in [-0.2, -0.15) is 0 Å². The van der Waals surface area contributed by atoms with Crippen molar-refractivity contribution in [2.24, 2.45) is 0 Å². The second-order valence-electron chi connectivity index (χ2n) is 6.16. The van der Waals surface area contributed by atoms with Gasteiger partial charge in [0.1, 0.15) is 0 Å². The zero-order valence-corrected chi connectivity index (χ0v) is 15.9. The van der Waals surface area contributed by atoms with Gasteiger partial charge in [-0.15, -0.1) is 0 Å². The molecule has 0 aliphatic carbocycles. The molecule has 0 spiro atoms. The fourth-order valence-electron chi connectivity index (χ4n) is 2.62. The van der Waals surface area contributed by atoms with Gasteiger partial charge in [0.05, 0.1) is 21.2 Å². The summed E-state index contributed by atoms with van der Waals surface area (Å²) in [4.78, 5) is 29.6. The van der Waals surface area contributed by atoms with Crippen molar-refractivity contribution in [1.29, 1.82) is 0 Å². The van der Waals surface area contributed by atoms with Crippen molar-refractivity contribution in [3.63, 3.8) is 0 Å². The summed E-state index contributed by atoms with van der Waals surface area (Å²) < 4.78 is 0. The largest absolute Gasteiger partial charge is 0.357 e. The molecule has 1 N–H and O–H groups in total. The highest BCUT2D eigenvalue weighted by Gasteiger charge is 2.05. The Bertz CT molecular complexity index is 1070. The standard InChI is InChI=1S/C21H17N5O4/c1-22-21-23-17(10-8-15-4-2-6-19(12-15)25(27)28)14-18(24-21)11-9-16-5-3-7-20(13-16)26(29)30/h2-14H,1H3,(H,22,23,24). The van der Waals surface area contributed by atoms with E-state index in [0.29, 0.717) is 28.5 Å². The number of hydrogen-bond acceptors (Lipinski definition) is 7. The molecule has 3 aromatic rings. The number of hydrogen-bond donors (Lipinski definition) is 1. The van der Waals surface area contributed by atoms with Gasteiger partial charge in [0.2, 0.25) is 5.95 Å². The third kappa shape index (κ3) is 5.32. The summed E-state index contributed by atoms with van der Waals surface area (Å²) in [6.07, 6.45) is 6.91. The first-order valence-electron chi connectivity index (χ1n) is 8.86. The number of non-ortho nitro benzene ring substituents is 2. The van der Waals surface area contributed by atoms with Crippen LogP contribution in [0.1, 0.15) is 22.5 Å². The molecule has 1 aromatic heterocycles. The van der Waals surface area contributed by atoms with E-state index in [4.69, 9.17) is 0 Å². The average molecular weight is 403 g/mol. The van der Waals surface area contributed by atoms with Crippen LogP contribution in [0, 0.1) is 20.2 Å². The SMILES string of the molecule is CNc1nc(C=Cc2cccc([N+](=O)[O-])c2)cc(C=Cc2cccc([N+](=O)[O-])c2)n1. The van der Waals surface area contributed by atoms with Crippen LogP contribution in [0.25, 0.3) is 24.3 Å². The molecule has 3 rings (SSSR count). The van der Waals surface area contributed by atoms with Gasteiger partial charge in [0.15, 0.2) is 0 Å². The van der Waals surface area contributed by atoms with E-state index in [1.54, 1.807) is 61.7 Å². The number of benzene rings is 2. The van der Waals surface area contributed by atoms with Crippen molar-refractivity contribution >= 4 is 41.6 Å². The van der Waals surface area contributed by atoms with Gasteiger partial charge in [-0.25, -0.2) is 9.97 Å². The van der Waals surface area contributed by atoms with Crippen molar-refractivity contribution in [2.75, 3.05) is 12.4 Å². The van der Waals surface area contributed by atoms with Gasteiger partial charge in [0, 0.05) is 31.3 Å². The summed E-state index contributed by atoms with van der Waals surface area (Å²) in [6, 6.07) is 14.3. The molecule has 9 nitrogen and oxygen atoms in total. The van der Waals surface area contributed by atoms with Crippen LogP contribution >= 0.6 is 0 Å². The second-order valence-corrected chi connectivity index (χ2v) is 6.16. The van der Waals surface area contributed by atoms with Crippen LogP contribution in [0.15, 0.2) is 54.6 Å². The first-order valence-corrected chi connectivity index (χ1v) is 8.86. The number of aromatic nitrogens is 2. The molecular weight excluding hydrogens is 386 g/mol. The maximum Gasteiger partial charge on any atom is 0.270 e. The van der Waals surface area contributed by atoms with Gasteiger partial charge in [-0.1, -0.05) is 36.4 Å². The van der Waals surface area contributed by atoms with E-state index in [-0.39, 0.29) is 11.4 Å². The lowest BCUT2D eigenvalue weighted by atomic mass is 10.1. The Morgan fingerprint density at radius 2 is 1.23 bits per heavy atom. The monoisotopic (exact) mass is 403 g/mol. The summed E-state index contributed by atoms with van der Waals surface area (Å²) in [5.41, 5.74) is 2.55. The van der Waals surface area contributed by atoms with Gasteiger partial charge in [-0.05, 0) is 29.3 Å². The van der Waals surface area contributed by atoms with Crippen molar-refractivity contribution in [3.8, 4) is 0 Å². The van der Waals surface area contributed by atoms with Gasteiger partial charge in [-0.3, -0.25) is 20.2 Å². The Hall–Kier alpha value is -4.40. The Morgan fingerprint density at radius 3 is 1.63 bits per heavy atom. The minimum Gasteiger partial charge on any atom is -0.357 e. The zero-order valence-electron chi connectivity index (χ0n) is 15.9. The maximum atomic E-state index is 10.9. The van der Waals surface area contributed by atoms with Crippen molar-refractivity contribution in [2.45, 2.75) is 0 Å². The van der Waals surface area contributed by atoms with Crippen LogP contribution in [0.5, 0.6) is 0 Å². The van der Waals surface area contributed by atoms with E-state index in [0.717, 1.165) is 0 Å². The molecule has 150 valence electrons. The van der Waals surface area contributed by atoms with Crippen molar-refractivity contribution in [3.05, 3.63) is 97.3 Å². The Labute approximate surface area is 171 Å². The molecule has 0 saturated carbocycles. The predicted octanol–water partition coefficient (Wildman–Crippen LogP) is 4.68. The highest BCUT2D eigenvalue weighted by atomic mass is 16.6. The minimum absolute atomic E-state index is 0.0105. The molecule has 0 aliphatic heterocycles.